The Bertz CT molecular complexity index is 971. The Morgan fingerprint density at radius 3 is 2.14 bits per heavy atom. The zero-order valence-electron chi connectivity index (χ0n) is 20.3. The van der Waals surface area contributed by atoms with Crippen LogP contribution in [0, 0.1) is 5.92 Å². The number of carbonyl (C=O) groups excluding carboxylic acids is 2. The summed E-state index contributed by atoms with van der Waals surface area (Å²) in [5, 5.41) is 14.5. The Kier molecular flexibility index (Phi) is 10.7. The fourth-order valence-electron chi connectivity index (χ4n) is 3.36. The van der Waals surface area contributed by atoms with Crippen LogP contribution in [0.15, 0.2) is 54.6 Å². The summed E-state index contributed by atoms with van der Waals surface area (Å²) in [6.45, 7) is 2.93. The predicted molar refractivity (Wildman–Crippen MR) is 127 cm³/mol. The largest absolute Gasteiger partial charge is 0.497 e. The fourth-order valence-corrected chi connectivity index (χ4v) is 3.36. The third-order valence-electron chi connectivity index (χ3n) is 5.45. The van der Waals surface area contributed by atoms with Crippen molar-refractivity contribution in [2.75, 3.05) is 13.7 Å². The van der Waals surface area contributed by atoms with Gasteiger partial charge in [-0.3, -0.25) is 9.59 Å². The summed E-state index contributed by atoms with van der Waals surface area (Å²) in [5.74, 6) is -1.96. The summed E-state index contributed by atoms with van der Waals surface area (Å²) in [6.07, 6.45) is -7.73. The van der Waals surface area contributed by atoms with Gasteiger partial charge in [0.1, 0.15) is 17.8 Å². The van der Waals surface area contributed by atoms with E-state index in [1.54, 1.807) is 0 Å². The van der Waals surface area contributed by atoms with Gasteiger partial charge in [0, 0.05) is 0 Å². The molecular formula is C25H32F3N3O5. The lowest BCUT2D eigenvalue weighted by Crippen LogP contribution is -2.56. The molecule has 0 saturated carbocycles. The van der Waals surface area contributed by atoms with Crippen molar-refractivity contribution in [2.45, 2.75) is 50.9 Å². The van der Waals surface area contributed by atoms with E-state index in [2.05, 4.69) is 10.6 Å². The van der Waals surface area contributed by atoms with E-state index in [-0.39, 0.29) is 18.8 Å². The van der Waals surface area contributed by atoms with Crippen molar-refractivity contribution in [3.63, 3.8) is 0 Å². The molecule has 2 aromatic rings. The lowest BCUT2D eigenvalue weighted by Gasteiger charge is -2.31. The normalized spacial score (nSPS) is 15.0. The lowest BCUT2D eigenvalue weighted by atomic mass is 9.96. The second-order valence-corrected chi connectivity index (χ2v) is 8.59. The lowest BCUT2D eigenvalue weighted by molar-refractivity contribution is -0.215. The number of alkyl halides is 3. The summed E-state index contributed by atoms with van der Waals surface area (Å²) >= 11 is 0. The van der Waals surface area contributed by atoms with E-state index in [0.29, 0.717) is 5.75 Å². The number of rotatable bonds is 12. The third-order valence-corrected chi connectivity index (χ3v) is 5.45. The van der Waals surface area contributed by atoms with Crippen molar-refractivity contribution >= 4 is 11.8 Å². The molecule has 0 bridgehead atoms. The first-order valence-electron chi connectivity index (χ1n) is 11.3. The van der Waals surface area contributed by atoms with Crippen molar-refractivity contribution < 1.29 is 37.3 Å². The van der Waals surface area contributed by atoms with Crippen LogP contribution in [0.3, 0.4) is 0 Å². The van der Waals surface area contributed by atoms with E-state index in [1.165, 1.54) is 45.2 Å². The molecule has 4 atom stereocenters. The number of halogens is 3. The fraction of sp³-hybridized carbons (Fsp3) is 0.440. The standard InChI is InChI=1S/C25H32F3N3O5/c1-15(2)20(22(32)25(26,27)28)30-24(34)21(17-9-11-18(35-3)12-10-17)31-23(33)19(29)14-36-13-16-7-5-4-6-8-16/h4-12,15,19-22,32H,13-14,29H2,1-3H3,(H,30,34)(H,31,33)/t19-,20-,21-,22-/m0/s1. The molecular weight excluding hydrogens is 479 g/mol. The minimum absolute atomic E-state index is 0.154. The highest BCUT2D eigenvalue weighted by Crippen LogP contribution is 2.26. The van der Waals surface area contributed by atoms with Crippen molar-refractivity contribution in [3.8, 4) is 5.75 Å². The molecule has 0 saturated heterocycles. The molecule has 2 aromatic carbocycles. The monoisotopic (exact) mass is 511 g/mol. The molecule has 2 rings (SSSR count). The van der Waals surface area contributed by atoms with Crippen LogP contribution in [0.2, 0.25) is 0 Å². The number of benzene rings is 2. The van der Waals surface area contributed by atoms with Gasteiger partial charge in [-0.05, 0) is 29.2 Å². The van der Waals surface area contributed by atoms with Gasteiger partial charge in [0.2, 0.25) is 11.8 Å². The SMILES string of the molecule is COc1ccc([C@H](NC(=O)[C@@H](N)COCc2ccccc2)C(=O)N[C@@H](C(C)C)[C@H](O)C(F)(F)F)cc1. The Morgan fingerprint density at radius 2 is 1.61 bits per heavy atom. The van der Waals surface area contributed by atoms with Crippen LogP contribution in [0.4, 0.5) is 13.2 Å². The van der Waals surface area contributed by atoms with Crippen molar-refractivity contribution in [3.05, 3.63) is 65.7 Å². The smallest absolute Gasteiger partial charge is 0.416 e. The maximum absolute atomic E-state index is 13.2. The number of methoxy groups -OCH3 is 1. The summed E-state index contributed by atoms with van der Waals surface area (Å²) in [4.78, 5) is 25.9. The number of hydrogen-bond acceptors (Lipinski definition) is 6. The predicted octanol–water partition coefficient (Wildman–Crippen LogP) is 2.46. The molecule has 2 amide bonds. The van der Waals surface area contributed by atoms with Crippen LogP contribution >= 0.6 is 0 Å². The summed E-state index contributed by atoms with van der Waals surface area (Å²) < 4.78 is 50.1. The van der Waals surface area contributed by atoms with E-state index in [1.807, 2.05) is 30.3 Å². The first kappa shape index (κ1) is 29.1. The average molecular weight is 512 g/mol. The van der Waals surface area contributed by atoms with E-state index in [0.717, 1.165) is 5.56 Å². The zero-order chi connectivity index (χ0) is 26.9. The molecule has 0 aliphatic rings. The highest BCUT2D eigenvalue weighted by Gasteiger charge is 2.45. The van der Waals surface area contributed by atoms with Crippen molar-refractivity contribution in [2.24, 2.45) is 11.7 Å². The number of hydrogen-bond donors (Lipinski definition) is 4. The first-order chi connectivity index (χ1) is 16.9. The number of ether oxygens (including phenoxy) is 2. The van der Waals surface area contributed by atoms with E-state index in [9.17, 15) is 27.9 Å². The first-order valence-corrected chi connectivity index (χ1v) is 11.3. The minimum atomic E-state index is -4.94. The maximum Gasteiger partial charge on any atom is 0.416 e. The van der Waals surface area contributed by atoms with Crippen LogP contribution in [0.25, 0.3) is 0 Å². The molecule has 11 heteroatoms. The number of carbonyl (C=O) groups is 2. The summed E-state index contributed by atoms with van der Waals surface area (Å²) in [6, 6.07) is 11.1. The summed E-state index contributed by atoms with van der Waals surface area (Å²) in [7, 11) is 1.45. The van der Waals surface area contributed by atoms with Gasteiger partial charge in [-0.2, -0.15) is 13.2 Å². The van der Waals surface area contributed by atoms with E-state index < -0.39 is 48.1 Å². The van der Waals surface area contributed by atoms with Gasteiger partial charge in [-0.15, -0.1) is 0 Å². The molecule has 0 aromatic heterocycles. The zero-order valence-corrected chi connectivity index (χ0v) is 20.3. The molecule has 8 nitrogen and oxygen atoms in total. The number of amides is 2. The molecule has 0 heterocycles. The minimum Gasteiger partial charge on any atom is -0.497 e. The molecule has 0 aliphatic carbocycles. The number of aliphatic hydroxyl groups is 1. The molecule has 0 unspecified atom stereocenters. The number of nitrogens with one attached hydrogen (secondary N) is 2. The van der Waals surface area contributed by atoms with Crippen LogP contribution < -0.4 is 21.1 Å². The average Bonchev–Trinajstić information content (AvgIpc) is 2.85. The van der Waals surface area contributed by atoms with Gasteiger partial charge in [0.25, 0.3) is 0 Å². The molecule has 36 heavy (non-hydrogen) atoms. The number of nitrogens with two attached hydrogens (primary N) is 1. The molecule has 198 valence electrons. The Balaban J connectivity index is 2.16. The molecule has 0 aliphatic heterocycles. The van der Waals surface area contributed by atoms with E-state index >= 15 is 0 Å². The topological polar surface area (TPSA) is 123 Å². The van der Waals surface area contributed by atoms with Gasteiger partial charge in [0.05, 0.1) is 26.4 Å². The van der Waals surface area contributed by atoms with Crippen LogP contribution in [-0.2, 0) is 20.9 Å². The second-order valence-electron chi connectivity index (χ2n) is 8.59. The molecule has 0 fully saturated rings. The summed E-state index contributed by atoms with van der Waals surface area (Å²) in [5.41, 5.74) is 7.09. The van der Waals surface area contributed by atoms with Crippen LogP contribution in [-0.4, -0.2) is 55.0 Å². The van der Waals surface area contributed by atoms with Crippen molar-refractivity contribution in [1.82, 2.24) is 10.6 Å². The Hall–Kier alpha value is -3.15. The van der Waals surface area contributed by atoms with Crippen molar-refractivity contribution in [1.29, 1.82) is 0 Å². The van der Waals surface area contributed by atoms with Crippen LogP contribution in [0.1, 0.15) is 31.0 Å². The second kappa shape index (κ2) is 13.2. The molecule has 5 N–H and O–H groups in total. The van der Waals surface area contributed by atoms with Gasteiger partial charge in [0.15, 0.2) is 6.10 Å². The third kappa shape index (κ3) is 8.51. The van der Waals surface area contributed by atoms with Crippen LogP contribution in [0.5, 0.6) is 5.75 Å². The molecule has 0 radical (unpaired) electrons. The number of aliphatic hydroxyl groups excluding tert-OH is 1. The Labute approximate surface area is 208 Å². The molecule has 0 spiro atoms. The Morgan fingerprint density at radius 1 is 1.00 bits per heavy atom. The maximum atomic E-state index is 13.2. The highest BCUT2D eigenvalue weighted by atomic mass is 19.4. The quantitative estimate of drug-likeness (QED) is 0.347. The van der Waals surface area contributed by atoms with Gasteiger partial charge < -0.3 is 30.9 Å². The highest BCUT2D eigenvalue weighted by molar-refractivity contribution is 5.90. The van der Waals surface area contributed by atoms with Gasteiger partial charge in [-0.1, -0.05) is 56.3 Å². The van der Waals surface area contributed by atoms with Gasteiger partial charge >= 0.3 is 6.18 Å². The van der Waals surface area contributed by atoms with Gasteiger partial charge in [-0.25, -0.2) is 0 Å². The van der Waals surface area contributed by atoms with E-state index in [4.69, 9.17) is 15.2 Å².